The van der Waals surface area contributed by atoms with E-state index in [1.807, 2.05) is 6.07 Å². The largest absolute Gasteiger partial charge is 0.459 e. The van der Waals surface area contributed by atoms with E-state index in [1.54, 1.807) is 6.20 Å². The summed E-state index contributed by atoms with van der Waals surface area (Å²) in [5.74, 6) is 1.22. The molecule has 0 aliphatic rings. The molecule has 0 bridgehead atoms. The van der Waals surface area contributed by atoms with Gasteiger partial charge in [-0.15, -0.1) is 0 Å². The molecule has 0 saturated carbocycles. The second-order valence-corrected chi connectivity index (χ2v) is 4.62. The Kier molecular flexibility index (Phi) is 4.27. The van der Waals surface area contributed by atoms with E-state index >= 15 is 0 Å². The van der Waals surface area contributed by atoms with Gasteiger partial charge in [0.25, 0.3) is 0 Å². The van der Waals surface area contributed by atoms with E-state index in [2.05, 4.69) is 32.7 Å². The van der Waals surface area contributed by atoms with Gasteiger partial charge in [0, 0.05) is 18.2 Å². The van der Waals surface area contributed by atoms with Crippen LogP contribution in [0.5, 0.6) is 5.75 Å². The molecule has 3 heteroatoms. The summed E-state index contributed by atoms with van der Waals surface area (Å²) in [5.41, 5.74) is 2.03. The smallest absolute Gasteiger partial charge is 0.235 e. The van der Waals surface area contributed by atoms with E-state index in [9.17, 15) is 4.39 Å². The van der Waals surface area contributed by atoms with Crippen LogP contribution in [0.4, 0.5) is 4.39 Å². The maximum atomic E-state index is 12.8. The molecule has 0 aliphatic heterocycles. The molecule has 2 nitrogen and oxygen atoms in total. The van der Waals surface area contributed by atoms with Gasteiger partial charge in [0.15, 0.2) is 0 Å². The normalized spacial score (nSPS) is 13.2. The third-order valence-electron chi connectivity index (χ3n) is 2.42. The molecule has 0 radical (unpaired) electrons. The van der Waals surface area contributed by atoms with Crippen molar-refractivity contribution in [3.05, 3.63) is 23.5 Å². The zero-order valence-electron chi connectivity index (χ0n) is 10.6. The summed E-state index contributed by atoms with van der Waals surface area (Å²) in [6.07, 6.45) is 0.324. The fourth-order valence-corrected chi connectivity index (χ4v) is 1.52. The SMILES string of the molecule is CC(F)Oc1cnc(C(C)C)cc1C(C)C. The molecule has 1 atom stereocenters. The van der Waals surface area contributed by atoms with Crippen molar-refractivity contribution in [1.29, 1.82) is 0 Å². The maximum absolute atomic E-state index is 12.8. The van der Waals surface area contributed by atoms with Gasteiger partial charge in [-0.3, -0.25) is 4.98 Å². The van der Waals surface area contributed by atoms with Gasteiger partial charge in [-0.1, -0.05) is 27.7 Å². The molecule has 1 aromatic heterocycles. The van der Waals surface area contributed by atoms with E-state index in [1.165, 1.54) is 6.92 Å². The van der Waals surface area contributed by atoms with Gasteiger partial charge in [-0.25, -0.2) is 4.39 Å². The molecule has 0 N–H and O–H groups in total. The highest BCUT2D eigenvalue weighted by Crippen LogP contribution is 2.29. The van der Waals surface area contributed by atoms with Crippen LogP contribution in [-0.2, 0) is 0 Å². The number of halogens is 1. The predicted molar refractivity (Wildman–Crippen MR) is 63.6 cm³/mol. The van der Waals surface area contributed by atoms with Crippen LogP contribution in [0.3, 0.4) is 0 Å². The van der Waals surface area contributed by atoms with Crippen LogP contribution in [0.1, 0.15) is 57.7 Å². The predicted octanol–water partition coefficient (Wildman–Crippen LogP) is 4.02. The Morgan fingerprint density at radius 2 is 1.75 bits per heavy atom. The van der Waals surface area contributed by atoms with Crippen LogP contribution in [0.15, 0.2) is 12.3 Å². The molecular formula is C13H20FNO. The van der Waals surface area contributed by atoms with Gasteiger partial charge in [0.05, 0.1) is 6.20 Å². The zero-order chi connectivity index (χ0) is 12.3. The standard InChI is InChI=1S/C13H20FNO/c1-8(2)11-6-12(9(3)4)15-7-13(11)16-10(5)14/h6-10H,1-5H3. The monoisotopic (exact) mass is 225 g/mol. The average Bonchev–Trinajstić information content (AvgIpc) is 2.16. The summed E-state index contributed by atoms with van der Waals surface area (Å²) in [6, 6.07) is 2.01. The minimum Gasteiger partial charge on any atom is -0.459 e. The number of nitrogens with zero attached hydrogens (tertiary/aromatic N) is 1. The lowest BCUT2D eigenvalue weighted by Gasteiger charge is -2.16. The van der Waals surface area contributed by atoms with Crippen LogP contribution in [-0.4, -0.2) is 11.3 Å². The molecule has 0 aliphatic carbocycles. The number of rotatable bonds is 4. The van der Waals surface area contributed by atoms with Crippen LogP contribution >= 0.6 is 0 Å². The summed E-state index contributed by atoms with van der Waals surface area (Å²) in [5, 5.41) is 0. The Hall–Kier alpha value is -1.12. The Labute approximate surface area is 96.8 Å². The van der Waals surface area contributed by atoms with Crippen LogP contribution in [0.25, 0.3) is 0 Å². The van der Waals surface area contributed by atoms with E-state index in [4.69, 9.17) is 4.74 Å². The lowest BCUT2D eigenvalue weighted by molar-refractivity contribution is 0.0842. The van der Waals surface area contributed by atoms with Crippen molar-refractivity contribution in [2.75, 3.05) is 0 Å². The molecule has 0 amide bonds. The van der Waals surface area contributed by atoms with E-state index in [0.29, 0.717) is 17.6 Å². The Balaban J connectivity index is 3.09. The number of alkyl halides is 1. The van der Waals surface area contributed by atoms with Gasteiger partial charge in [0.2, 0.25) is 6.36 Å². The lowest BCUT2D eigenvalue weighted by Crippen LogP contribution is -2.08. The van der Waals surface area contributed by atoms with Gasteiger partial charge in [-0.2, -0.15) is 0 Å². The molecule has 0 fully saturated rings. The van der Waals surface area contributed by atoms with Crippen molar-refractivity contribution in [1.82, 2.24) is 4.98 Å². The fourth-order valence-electron chi connectivity index (χ4n) is 1.52. The molecule has 1 rings (SSSR count). The third kappa shape index (κ3) is 3.19. The van der Waals surface area contributed by atoms with Gasteiger partial charge in [0.1, 0.15) is 5.75 Å². The third-order valence-corrected chi connectivity index (χ3v) is 2.42. The Morgan fingerprint density at radius 1 is 1.12 bits per heavy atom. The molecule has 1 aromatic rings. The minimum absolute atomic E-state index is 0.300. The first-order valence-corrected chi connectivity index (χ1v) is 5.72. The highest BCUT2D eigenvalue weighted by molar-refractivity contribution is 5.35. The number of hydrogen-bond acceptors (Lipinski definition) is 2. The van der Waals surface area contributed by atoms with E-state index in [0.717, 1.165) is 11.3 Å². The minimum atomic E-state index is -1.30. The number of aromatic nitrogens is 1. The van der Waals surface area contributed by atoms with Gasteiger partial charge < -0.3 is 4.74 Å². The molecule has 16 heavy (non-hydrogen) atoms. The topological polar surface area (TPSA) is 22.1 Å². The second-order valence-electron chi connectivity index (χ2n) is 4.62. The summed E-state index contributed by atoms with van der Waals surface area (Å²) >= 11 is 0. The molecule has 90 valence electrons. The van der Waals surface area contributed by atoms with Crippen molar-refractivity contribution < 1.29 is 9.13 Å². The molecular weight excluding hydrogens is 205 g/mol. The lowest BCUT2D eigenvalue weighted by atomic mass is 9.99. The quantitative estimate of drug-likeness (QED) is 0.772. The van der Waals surface area contributed by atoms with Crippen LogP contribution < -0.4 is 4.74 Å². The molecule has 1 unspecified atom stereocenters. The molecule has 0 aromatic carbocycles. The fraction of sp³-hybridized carbons (Fsp3) is 0.615. The summed E-state index contributed by atoms with van der Waals surface area (Å²) in [7, 11) is 0. The first kappa shape index (κ1) is 12.9. The Bertz CT molecular complexity index is 348. The summed E-state index contributed by atoms with van der Waals surface area (Å²) in [4.78, 5) is 4.28. The van der Waals surface area contributed by atoms with Crippen molar-refractivity contribution in [2.45, 2.75) is 52.8 Å². The van der Waals surface area contributed by atoms with E-state index in [-0.39, 0.29) is 0 Å². The van der Waals surface area contributed by atoms with Gasteiger partial charge in [-0.05, 0) is 17.9 Å². The van der Waals surface area contributed by atoms with Gasteiger partial charge >= 0.3 is 0 Å². The first-order valence-electron chi connectivity index (χ1n) is 5.72. The second kappa shape index (κ2) is 5.28. The zero-order valence-corrected chi connectivity index (χ0v) is 10.6. The molecule has 0 spiro atoms. The summed E-state index contributed by atoms with van der Waals surface area (Å²) < 4.78 is 18.0. The summed E-state index contributed by atoms with van der Waals surface area (Å²) in [6.45, 7) is 9.68. The molecule has 0 saturated heterocycles. The van der Waals surface area contributed by atoms with E-state index < -0.39 is 6.36 Å². The Morgan fingerprint density at radius 3 is 2.19 bits per heavy atom. The number of ether oxygens (including phenoxy) is 1. The number of hydrogen-bond donors (Lipinski definition) is 0. The van der Waals surface area contributed by atoms with Crippen molar-refractivity contribution in [2.24, 2.45) is 0 Å². The van der Waals surface area contributed by atoms with Crippen molar-refractivity contribution in [3.63, 3.8) is 0 Å². The number of pyridine rings is 1. The van der Waals surface area contributed by atoms with Crippen LogP contribution in [0, 0.1) is 0 Å². The average molecular weight is 225 g/mol. The maximum Gasteiger partial charge on any atom is 0.235 e. The van der Waals surface area contributed by atoms with Crippen molar-refractivity contribution in [3.8, 4) is 5.75 Å². The highest BCUT2D eigenvalue weighted by Gasteiger charge is 2.13. The highest BCUT2D eigenvalue weighted by atomic mass is 19.1. The first-order chi connectivity index (χ1) is 7.41. The van der Waals surface area contributed by atoms with Crippen LogP contribution in [0.2, 0.25) is 0 Å². The molecule has 1 heterocycles. The van der Waals surface area contributed by atoms with Crippen molar-refractivity contribution >= 4 is 0 Å².